The van der Waals surface area contributed by atoms with Crippen LogP contribution in [-0.2, 0) is 19.1 Å². The molecule has 4 rings (SSSR count). The average Bonchev–Trinajstić information content (AvgIpc) is 2.92. The lowest BCUT2D eigenvalue weighted by atomic mass is 10.1. The Morgan fingerprint density at radius 3 is 2.38 bits per heavy atom. The van der Waals surface area contributed by atoms with Crippen LogP contribution in [0, 0.1) is 0 Å². The van der Waals surface area contributed by atoms with Gasteiger partial charge in [0.25, 0.3) is 17.7 Å². The Morgan fingerprint density at radius 1 is 1.00 bits per heavy atom. The van der Waals surface area contributed by atoms with E-state index in [1.807, 2.05) is 0 Å². The fraction of sp³-hybridized carbons (Fsp3) is 0.0741. The molecule has 1 aliphatic heterocycles. The van der Waals surface area contributed by atoms with Gasteiger partial charge in [0.15, 0.2) is 6.61 Å². The van der Waals surface area contributed by atoms with Crippen LogP contribution in [0.1, 0.15) is 15.9 Å². The number of esters is 1. The van der Waals surface area contributed by atoms with Gasteiger partial charge in [0.2, 0.25) is 0 Å². The molecule has 0 bridgehead atoms. The molecular formula is C27H18BrCl2N3O7. The van der Waals surface area contributed by atoms with Gasteiger partial charge in [0.1, 0.15) is 11.3 Å². The minimum absolute atomic E-state index is 0.151. The Bertz CT molecular complexity index is 1570. The number of urea groups is 1. The van der Waals surface area contributed by atoms with Crippen LogP contribution in [0.3, 0.4) is 0 Å². The highest BCUT2D eigenvalue weighted by Gasteiger charge is 2.36. The number of nitrogens with zero attached hydrogens (tertiary/aromatic N) is 1. The summed E-state index contributed by atoms with van der Waals surface area (Å²) in [6, 6.07) is 14.0. The van der Waals surface area contributed by atoms with Crippen LogP contribution in [0.15, 0.2) is 70.7 Å². The van der Waals surface area contributed by atoms with Crippen molar-refractivity contribution in [2.45, 2.75) is 0 Å². The van der Waals surface area contributed by atoms with Crippen molar-refractivity contribution in [3.05, 3.63) is 91.9 Å². The van der Waals surface area contributed by atoms with Crippen molar-refractivity contribution in [2.75, 3.05) is 23.9 Å². The quantitative estimate of drug-likeness (QED) is 0.204. The van der Waals surface area contributed by atoms with Gasteiger partial charge in [-0.05, 0) is 82.2 Å². The highest BCUT2D eigenvalue weighted by Crippen LogP contribution is 2.29. The maximum Gasteiger partial charge on any atom is 0.337 e. The number of halogens is 3. The van der Waals surface area contributed by atoms with Crippen molar-refractivity contribution in [1.82, 2.24) is 5.32 Å². The second kappa shape index (κ2) is 12.3. The van der Waals surface area contributed by atoms with Gasteiger partial charge in [-0.1, -0.05) is 29.3 Å². The van der Waals surface area contributed by atoms with Crippen LogP contribution >= 0.6 is 39.1 Å². The summed E-state index contributed by atoms with van der Waals surface area (Å²) in [6.07, 6.45) is 1.31. The fourth-order valence-corrected chi connectivity index (χ4v) is 4.37. The van der Waals surface area contributed by atoms with Crippen molar-refractivity contribution < 1.29 is 33.4 Å². The van der Waals surface area contributed by atoms with Crippen LogP contribution < -0.4 is 20.3 Å². The third-order valence-corrected chi connectivity index (χ3v) is 6.84. The van der Waals surface area contributed by atoms with Gasteiger partial charge in [-0.15, -0.1) is 0 Å². The molecule has 0 aromatic heterocycles. The minimum Gasteiger partial charge on any atom is -0.483 e. The summed E-state index contributed by atoms with van der Waals surface area (Å²) in [7, 11) is 1.23. The lowest BCUT2D eigenvalue weighted by molar-refractivity contribution is -0.122. The lowest BCUT2D eigenvalue weighted by Gasteiger charge is -2.26. The first-order valence-corrected chi connectivity index (χ1v) is 12.9. The third-order valence-electron chi connectivity index (χ3n) is 5.48. The van der Waals surface area contributed by atoms with Gasteiger partial charge in [-0.25, -0.2) is 14.5 Å². The molecule has 3 aromatic rings. The summed E-state index contributed by atoms with van der Waals surface area (Å²) in [5.41, 5.74) is 0.970. The molecule has 2 N–H and O–H groups in total. The number of carbonyl (C=O) groups excluding carboxylic acids is 5. The molecule has 0 radical (unpaired) electrons. The molecule has 0 spiro atoms. The van der Waals surface area contributed by atoms with E-state index in [4.69, 9.17) is 27.9 Å². The van der Waals surface area contributed by atoms with Crippen LogP contribution in [0.5, 0.6) is 5.75 Å². The van der Waals surface area contributed by atoms with Crippen LogP contribution in [0.2, 0.25) is 10.0 Å². The number of amides is 5. The maximum absolute atomic E-state index is 13.1. The van der Waals surface area contributed by atoms with E-state index in [0.29, 0.717) is 31.5 Å². The van der Waals surface area contributed by atoms with E-state index >= 15 is 0 Å². The molecule has 0 unspecified atom stereocenters. The average molecular weight is 647 g/mol. The first-order valence-electron chi connectivity index (χ1n) is 11.3. The Balaban J connectivity index is 1.47. The summed E-state index contributed by atoms with van der Waals surface area (Å²) in [5, 5.41) is 5.42. The molecule has 1 aliphatic rings. The molecule has 0 saturated carbocycles. The molecular weight excluding hydrogens is 629 g/mol. The molecule has 10 nitrogen and oxygen atoms in total. The number of carbonyl (C=O) groups is 5. The highest BCUT2D eigenvalue weighted by atomic mass is 79.9. The molecule has 5 amide bonds. The largest absolute Gasteiger partial charge is 0.483 e. The van der Waals surface area contributed by atoms with Crippen LogP contribution in [0.4, 0.5) is 16.2 Å². The summed E-state index contributed by atoms with van der Waals surface area (Å²) >= 11 is 15.2. The summed E-state index contributed by atoms with van der Waals surface area (Å²) in [6.45, 7) is -0.313. The Kier molecular flexibility index (Phi) is 8.88. The SMILES string of the molecule is COC(=O)c1ccc(N2C(=O)NC(=O)/C(=C/c3ccc(OCC(=O)Nc4ccc(Cl)c(Cl)c4)c(Br)c3)C2=O)cc1. The topological polar surface area (TPSA) is 131 Å². The minimum atomic E-state index is -0.929. The lowest BCUT2D eigenvalue weighted by Crippen LogP contribution is -2.54. The molecule has 0 atom stereocenters. The number of nitrogens with one attached hydrogen (secondary N) is 2. The van der Waals surface area contributed by atoms with E-state index in [1.165, 1.54) is 43.5 Å². The van der Waals surface area contributed by atoms with E-state index in [9.17, 15) is 24.0 Å². The molecule has 1 fully saturated rings. The number of anilines is 2. The predicted molar refractivity (Wildman–Crippen MR) is 152 cm³/mol. The van der Waals surface area contributed by atoms with Crippen molar-refractivity contribution in [2.24, 2.45) is 0 Å². The van der Waals surface area contributed by atoms with Crippen LogP contribution in [-0.4, -0.2) is 43.4 Å². The van der Waals surface area contributed by atoms with Crippen LogP contribution in [0.25, 0.3) is 6.08 Å². The fourth-order valence-electron chi connectivity index (χ4n) is 3.56. The first kappa shape index (κ1) is 28.8. The zero-order valence-electron chi connectivity index (χ0n) is 20.5. The number of imide groups is 2. The highest BCUT2D eigenvalue weighted by molar-refractivity contribution is 9.10. The van der Waals surface area contributed by atoms with E-state index in [1.54, 1.807) is 30.3 Å². The standard InChI is InChI=1S/C27H18BrCl2N3O7/c1-39-26(37)15-3-6-17(7-4-15)33-25(36)18(24(35)32-27(33)38)10-14-2-9-22(19(28)11-14)40-13-23(34)31-16-5-8-20(29)21(30)12-16/h2-12H,13H2,1H3,(H,31,34)(H,32,35,38)/b18-10-. The Labute approximate surface area is 246 Å². The van der Waals surface area contributed by atoms with Crippen molar-refractivity contribution in [1.29, 1.82) is 0 Å². The zero-order valence-corrected chi connectivity index (χ0v) is 23.6. The molecule has 1 saturated heterocycles. The molecule has 3 aromatic carbocycles. The number of benzene rings is 3. The Hall–Kier alpha value is -4.19. The molecule has 13 heteroatoms. The van der Waals surface area contributed by atoms with E-state index in [-0.39, 0.29) is 23.4 Å². The summed E-state index contributed by atoms with van der Waals surface area (Å²) < 4.78 is 10.7. The molecule has 0 aliphatic carbocycles. The zero-order chi connectivity index (χ0) is 29.0. The van der Waals surface area contributed by atoms with Crippen molar-refractivity contribution in [3.8, 4) is 5.75 Å². The predicted octanol–water partition coefficient (Wildman–Crippen LogP) is 5.23. The summed E-state index contributed by atoms with van der Waals surface area (Å²) in [5.74, 6) is -2.41. The van der Waals surface area contributed by atoms with Gasteiger partial charge < -0.3 is 14.8 Å². The smallest absolute Gasteiger partial charge is 0.337 e. The second-order valence-electron chi connectivity index (χ2n) is 8.15. The van der Waals surface area contributed by atoms with Gasteiger partial charge in [-0.2, -0.15) is 0 Å². The van der Waals surface area contributed by atoms with E-state index in [2.05, 4.69) is 31.3 Å². The molecule has 40 heavy (non-hydrogen) atoms. The van der Waals surface area contributed by atoms with Crippen molar-refractivity contribution >= 4 is 86.3 Å². The third kappa shape index (κ3) is 6.50. The van der Waals surface area contributed by atoms with Gasteiger partial charge in [0, 0.05) is 5.69 Å². The number of methoxy groups -OCH3 is 1. The van der Waals surface area contributed by atoms with Crippen molar-refractivity contribution in [3.63, 3.8) is 0 Å². The van der Waals surface area contributed by atoms with Gasteiger partial charge in [0.05, 0.1) is 32.9 Å². The number of hydrogen-bond donors (Lipinski definition) is 2. The van der Waals surface area contributed by atoms with Gasteiger partial charge in [-0.3, -0.25) is 19.7 Å². The second-order valence-corrected chi connectivity index (χ2v) is 9.82. The molecule has 1 heterocycles. The number of barbiturate groups is 1. The number of rotatable bonds is 7. The molecule has 204 valence electrons. The number of hydrogen-bond acceptors (Lipinski definition) is 7. The Morgan fingerprint density at radius 2 is 1.73 bits per heavy atom. The summed E-state index contributed by atoms with van der Waals surface area (Å²) in [4.78, 5) is 62.8. The first-order chi connectivity index (χ1) is 19.1. The van der Waals surface area contributed by atoms with E-state index < -0.39 is 29.7 Å². The maximum atomic E-state index is 13.1. The normalized spacial score (nSPS) is 14.2. The number of ether oxygens (including phenoxy) is 2. The van der Waals surface area contributed by atoms with E-state index in [0.717, 1.165) is 4.90 Å². The van der Waals surface area contributed by atoms with Gasteiger partial charge >= 0.3 is 12.0 Å². The monoisotopic (exact) mass is 645 g/mol.